The molecule has 0 radical (unpaired) electrons. The van der Waals surface area contributed by atoms with E-state index in [-0.39, 0.29) is 5.91 Å². The predicted octanol–water partition coefficient (Wildman–Crippen LogP) is 1.80. The smallest absolute Gasteiger partial charge is 0.326 e. The van der Waals surface area contributed by atoms with Gasteiger partial charge >= 0.3 is 5.97 Å². The van der Waals surface area contributed by atoms with Crippen molar-refractivity contribution in [1.29, 1.82) is 0 Å². The Morgan fingerprint density at radius 2 is 2.05 bits per heavy atom. The van der Waals surface area contributed by atoms with Crippen LogP contribution < -0.4 is 9.47 Å². The molecule has 1 saturated heterocycles. The molecule has 6 nitrogen and oxygen atoms in total. The van der Waals surface area contributed by atoms with Crippen LogP contribution >= 0.6 is 11.6 Å². The summed E-state index contributed by atoms with van der Waals surface area (Å²) in [6.45, 7) is 1.23. The number of amides is 1. The zero-order valence-electron chi connectivity index (χ0n) is 11.2. The number of carboxylic acid groups (broad SMARTS) is 1. The second kappa shape index (κ2) is 5.44. The van der Waals surface area contributed by atoms with Crippen LogP contribution in [0, 0.1) is 0 Å². The van der Waals surface area contributed by atoms with Gasteiger partial charge in [-0.3, -0.25) is 4.79 Å². The minimum atomic E-state index is -0.982. The Morgan fingerprint density at radius 1 is 1.29 bits per heavy atom. The van der Waals surface area contributed by atoms with E-state index in [1.807, 2.05) is 0 Å². The number of likely N-dealkylation sites (tertiary alicyclic amines) is 1. The number of fused-ring (bicyclic) bond motifs is 1. The molecule has 3 rings (SSSR count). The fourth-order valence-electron chi connectivity index (χ4n) is 2.67. The molecule has 112 valence electrons. The molecule has 1 fully saturated rings. The largest absolute Gasteiger partial charge is 0.486 e. The molecule has 0 bridgehead atoms. The minimum absolute atomic E-state index is 0.293. The van der Waals surface area contributed by atoms with Gasteiger partial charge in [0.05, 0.1) is 5.02 Å². The standard InChI is InChI=1S/C14H14ClNO5/c15-9-6-8(7-11-12(9)21-5-4-20-11)13(17)16-3-1-2-10(16)14(18)19/h6-7,10H,1-5H2,(H,18,19)/t10-/m1/s1. The van der Waals surface area contributed by atoms with Gasteiger partial charge in [0.2, 0.25) is 0 Å². The highest BCUT2D eigenvalue weighted by Gasteiger charge is 2.35. The molecule has 2 aliphatic rings. The molecule has 0 spiro atoms. The fraction of sp³-hybridized carbons (Fsp3) is 0.429. The van der Waals surface area contributed by atoms with Crippen molar-refractivity contribution in [3.63, 3.8) is 0 Å². The van der Waals surface area contributed by atoms with Gasteiger partial charge in [-0.2, -0.15) is 0 Å². The van der Waals surface area contributed by atoms with Crippen LogP contribution in [0.4, 0.5) is 0 Å². The van der Waals surface area contributed by atoms with Crippen LogP contribution in [0.1, 0.15) is 23.2 Å². The SMILES string of the molecule is O=C(O)[C@H]1CCCN1C(=O)c1cc(Cl)c2c(c1)OCCO2. The summed E-state index contributed by atoms with van der Waals surface area (Å²) in [4.78, 5) is 25.1. The first-order chi connectivity index (χ1) is 10.1. The molecule has 0 aliphatic carbocycles. The lowest BCUT2D eigenvalue weighted by Crippen LogP contribution is -2.40. The summed E-state index contributed by atoms with van der Waals surface area (Å²) in [6, 6.07) is 2.28. The maximum Gasteiger partial charge on any atom is 0.326 e. The number of aliphatic carboxylic acids is 1. The number of hydrogen-bond acceptors (Lipinski definition) is 4. The van der Waals surface area contributed by atoms with E-state index < -0.39 is 12.0 Å². The first-order valence-corrected chi connectivity index (χ1v) is 7.08. The van der Waals surface area contributed by atoms with Crippen molar-refractivity contribution in [2.24, 2.45) is 0 Å². The van der Waals surface area contributed by atoms with E-state index >= 15 is 0 Å². The zero-order chi connectivity index (χ0) is 15.0. The molecule has 1 amide bonds. The Morgan fingerprint density at radius 3 is 2.81 bits per heavy atom. The minimum Gasteiger partial charge on any atom is -0.486 e. The summed E-state index contributed by atoms with van der Waals surface area (Å²) in [5.74, 6) is -0.484. The average molecular weight is 312 g/mol. The van der Waals surface area contributed by atoms with Gasteiger partial charge in [-0.1, -0.05) is 11.6 Å². The molecular weight excluding hydrogens is 298 g/mol. The highest BCUT2D eigenvalue weighted by atomic mass is 35.5. The monoisotopic (exact) mass is 311 g/mol. The third kappa shape index (κ3) is 2.51. The summed E-state index contributed by atoms with van der Waals surface area (Å²) in [6.07, 6.45) is 1.15. The third-order valence-corrected chi connectivity index (χ3v) is 3.92. The van der Waals surface area contributed by atoms with Gasteiger partial charge in [-0.25, -0.2) is 4.79 Å². The molecule has 2 aliphatic heterocycles. The summed E-state index contributed by atoms with van der Waals surface area (Å²) >= 11 is 6.10. The number of benzene rings is 1. The van der Waals surface area contributed by atoms with Gasteiger partial charge in [0.15, 0.2) is 11.5 Å². The Kier molecular flexibility index (Phi) is 3.63. The highest BCUT2D eigenvalue weighted by molar-refractivity contribution is 6.32. The normalized spacial score (nSPS) is 20.4. The number of hydrogen-bond donors (Lipinski definition) is 1. The van der Waals surface area contributed by atoms with Crippen molar-refractivity contribution in [1.82, 2.24) is 4.90 Å². The predicted molar refractivity (Wildman–Crippen MR) is 74.1 cm³/mol. The summed E-state index contributed by atoms with van der Waals surface area (Å²) < 4.78 is 10.8. The molecule has 7 heteroatoms. The maximum atomic E-state index is 12.5. The number of carbonyl (C=O) groups excluding carboxylic acids is 1. The Labute approximate surface area is 126 Å². The van der Waals surface area contributed by atoms with Crippen molar-refractivity contribution >= 4 is 23.5 Å². The van der Waals surface area contributed by atoms with Gasteiger partial charge in [0.25, 0.3) is 5.91 Å². The number of rotatable bonds is 2. The number of carboxylic acids is 1. The molecular formula is C14H14ClNO5. The van der Waals surface area contributed by atoms with E-state index in [1.54, 1.807) is 6.07 Å². The number of halogens is 1. The highest BCUT2D eigenvalue weighted by Crippen LogP contribution is 2.39. The van der Waals surface area contributed by atoms with E-state index in [0.717, 1.165) is 0 Å². The Hall–Kier alpha value is -1.95. The van der Waals surface area contributed by atoms with Crippen molar-refractivity contribution in [2.75, 3.05) is 19.8 Å². The maximum absolute atomic E-state index is 12.5. The summed E-state index contributed by atoms with van der Waals surface area (Å²) in [5, 5.41) is 9.45. The van der Waals surface area contributed by atoms with E-state index in [0.29, 0.717) is 54.7 Å². The van der Waals surface area contributed by atoms with Crippen molar-refractivity contribution in [3.05, 3.63) is 22.7 Å². The lowest BCUT2D eigenvalue weighted by atomic mass is 10.1. The van der Waals surface area contributed by atoms with Gasteiger partial charge in [0, 0.05) is 12.1 Å². The van der Waals surface area contributed by atoms with Crippen LogP contribution in [0.25, 0.3) is 0 Å². The molecule has 21 heavy (non-hydrogen) atoms. The molecule has 2 heterocycles. The van der Waals surface area contributed by atoms with Crippen LogP contribution in [0.15, 0.2) is 12.1 Å². The average Bonchev–Trinajstić information content (AvgIpc) is 2.96. The van der Waals surface area contributed by atoms with Gasteiger partial charge in [-0.15, -0.1) is 0 Å². The topological polar surface area (TPSA) is 76.1 Å². The first-order valence-electron chi connectivity index (χ1n) is 6.71. The van der Waals surface area contributed by atoms with Crippen LogP contribution in [-0.4, -0.2) is 47.7 Å². The lowest BCUT2D eigenvalue weighted by molar-refractivity contribution is -0.141. The molecule has 1 N–H and O–H groups in total. The van der Waals surface area contributed by atoms with Crippen LogP contribution in [0.3, 0.4) is 0 Å². The second-order valence-corrected chi connectivity index (χ2v) is 5.38. The van der Waals surface area contributed by atoms with E-state index in [1.165, 1.54) is 11.0 Å². The van der Waals surface area contributed by atoms with Crippen molar-refractivity contribution in [2.45, 2.75) is 18.9 Å². The van der Waals surface area contributed by atoms with Gasteiger partial charge < -0.3 is 19.5 Å². The van der Waals surface area contributed by atoms with Gasteiger partial charge in [0.1, 0.15) is 19.3 Å². The fourth-order valence-corrected chi connectivity index (χ4v) is 2.93. The molecule has 0 saturated carbocycles. The Balaban J connectivity index is 1.91. The quantitative estimate of drug-likeness (QED) is 0.901. The molecule has 0 unspecified atom stereocenters. The molecule has 1 aromatic rings. The van der Waals surface area contributed by atoms with Gasteiger partial charge in [-0.05, 0) is 25.0 Å². The number of ether oxygens (including phenoxy) is 2. The number of nitrogens with zero attached hydrogens (tertiary/aromatic N) is 1. The molecule has 1 aromatic carbocycles. The van der Waals surface area contributed by atoms with Crippen LogP contribution in [0.5, 0.6) is 11.5 Å². The second-order valence-electron chi connectivity index (χ2n) is 4.98. The summed E-state index contributed by atoms with van der Waals surface area (Å²) in [5.41, 5.74) is 0.317. The zero-order valence-corrected chi connectivity index (χ0v) is 11.9. The van der Waals surface area contributed by atoms with E-state index in [2.05, 4.69) is 0 Å². The molecule has 0 aromatic heterocycles. The van der Waals surface area contributed by atoms with E-state index in [9.17, 15) is 9.59 Å². The van der Waals surface area contributed by atoms with Crippen molar-refractivity contribution in [3.8, 4) is 11.5 Å². The molecule has 1 atom stereocenters. The Bertz CT molecular complexity index is 603. The van der Waals surface area contributed by atoms with Crippen LogP contribution in [-0.2, 0) is 4.79 Å². The third-order valence-electron chi connectivity index (χ3n) is 3.64. The van der Waals surface area contributed by atoms with Crippen molar-refractivity contribution < 1.29 is 24.2 Å². The first kappa shape index (κ1) is 14.0. The number of carbonyl (C=O) groups is 2. The van der Waals surface area contributed by atoms with Crippen LogP contribution in [0.2, 0.25) is 5.02 Å². The summed E-state index contributed by atoms with van der Waals surface area (Å²) in [7, 11) is 0. The van der Waals surface area contributed by atoms with E-state index in [4.69, 9.17) is 26.2 Å². The lowest BCUT2D eigenvalue weighted by Gasteiger charge is -2.24.